The molecule has 0 amide bonds. The molecule has 0 aliphatic carbocycles. The van der Waals surface area contributed by atoms with Gasteiger partial charge in [-0.15, -0.1) is 5.10 Å². The van der Waals surface area contributed by atoms with Crippen molar-refractivity contribution in [2.24, 2.45) is 7.05 Å². The predicted molar refractivity (Wildman–Crippen MR) is 67.5 cm³/mol. The molecule has 2 rings (SSSR count). The van der Waals surface area contributed by atoms with Gasteiger partial charge in [0.25, 0.3) is 0 Å². The Bertz CT molecular complexity index is 595. The second-order valence-electron chi connectivity index (χ2n) is 3.65. The summed E-state index contributed by atoms with van der Waals surface area (Å²) >= 11 is 0. The highest BCUT2D eigenvalue weighted by Gasteiger charge is 2.03. The van der Waals surface area contributed by atoms with E-state index in [0.717, 1.165) is 11.4 Å². The molecule has 0 saturated heterocycles. The van der Waals surface area contributed by atoms with E-state index in [0.29, 0.717) is 5.95 Å². The highest BCUT2D eigenvalue weighted by atomic mass is 16.5. The lowest BCUT2D eigenvalue weighted by atomic mass is 10.3. The fourth-order valence-corrected chi connectivity index (χ4v) is 1.43. The minimum atomic E-state index is 0.0752. The number of methoxy groups -OCH3 is 1. The zero-order chi connectivity index (χ0) is 13.1. The van der Waals surface area contributed by atoms with E-state index in [9.17, 15) is 0 Å². The Kier molecular flexibility index (Phi) is 3.13. The van der Waals surface area contributed by atoms with E-state index < -0.39 is 0 Å². The molecule has 94 valence electrons. The molecule has 18 heavy (non-hydrogen) atoms. The molecule has 1 aromatic carbocycles. The molecule has 2 aromatic rings. The molecular weight excluding hydrogens is 232 g/mol. The lowest BCUT2D eigenvalue weighted by molar-refractivity contribution is 0.415. The fourth-order valence-electron chi connectivity index (χ4n) is 1.43. The van der Waals surface area contributed by atoms with Gasteiger partial charge in [0.2, 0.25) is 5.95 Å². The Labute approximate surface area is 104 Å². The van der Waals surface area contributed by atoms with Gasteiger partial charge in [-0.25, -0.2) is 4.68 Å². The van der Waals surface area contributed by atoms with Crippen LogP contribution in [0, 0.1) is 5.41 Å². The van der Waals surface area contributed by atoms with Gasteiger partial charge in [0, 0.05) is 18.8 Å². The molecule has 0 spiro atoms. The van der Waals surface area contributed by atoms with Gasteiger partial charge in [0.05, 0.1) is 7.11 Å². The number of nitrogen functional groups attached to an aromatic ring is 1. The van der Waals surface area contributed by atoms with Crippen LogP contribution in [-0.4, -0.2) is 21.9 Å². The topological polar surface area (TPSA) is 102 Å². The highest BCUT2D eigenvalue weighted by molar-refractivity contribution is 5.56. The van der Waals surface area contributed by atoms with Crippen LogP contribution in [0.25, 0.3) is 0 Å². The Morgan fingerprint density at radius 3 is 2.89 bits per heavy atom. The van der Waals surface area contributed by atoms with Crippen LogP contribution in [0.4, 0.5) is 17.5 Å². The Morgan fingerprint density at radius 2 is 2.22 bits per heavy atom. The van der Waals surface area contributed by atoms with Gasteiger partial charge in [0.1, 0.15) is 5.75 Å². The standard InChI is InChI=1S/C11H14N6O/c1-17-10(13)9(12)15-11(16-17)14-7-4-3-5-8(6-7)18-2/h3-6,13H,1-2H3,(H3,12,14,15,16). The van der Waals surface area contributed by atoms with E-state index in [-0.39, 0.29) is 11.3 Å². The Morgan fingerprint density at radius 1 is 1.44 bits per heavy atom. The van der Waals surface area contributed by atoms with Crippen LogP contribution in [-0.2, 0) is 7.05 Å². The third-order valence-electron chi connectivity index (χ3n) is 2.36. The first-order chi connectivity index (χ1) is 8.60. The fraction of sp³-hybridized carbons (Fsp3) is 0.182. The molecule has 4 N–H and O–H groups in total. The number of ether oxygens (including phenoxy) is 1. The number of nitrogens with two attached hydrogens (primary N) is 1. The van der Waals surface area contributed by atoms with Crippen LogP contribution in [0.1, 0.15) is 0 Å². The molecule has 7 nitrogen and oxygen atoms in total. The first-order valence-corrected chi connectivity index (χ1v) is 5.26. The van der Waals surface area contributed by atoms with Crippen molar-refractivity contribution in [2.75, 3.05) is 18.2 Å². The van der Waals surface area contributed by atoms with E-state index in [1.54, 1.807) is 14.2 Å². The highest BCUT2D eigenvalue weighted by Crippen LogP contribution is 2.18. The number of nitrogens with one attached hydrogen (secondary N) is 2. The summed E-state index contributed by atoms with van der Waals surface area (Å²) in [6.45, 7) is 0. The normalized spacial score (nSPS) is 10.1. The van der Waals surface area contributed by atoms with E-state index in [2.05, 4.69) is 15.4 Å². The van der Waals surface area contributed by atoms with Crippen LogP contribution in [0.15, 0.2) is 24.3 Å². The number of nitrogens with zero attached hydrogens (tertiary/aromatic N) is 3. The molecule has 1 heterocycles. The lowest BCUT2D eigenvalue weighted by Gasteiger charge is -2.08. The molecule has 0 aliphatic rings. The van der Waals surface area contributed by atoms with Crippen molar-refractivity contribution >= 4 is 17.5 Å². The largest absolute Gasteiger partial charge is 0.497 e. The molecule has 0 aliphatic heterocycles. The first kappa shape index (κ1) is 11.9. The molecular formula is C11H14N6O. The average molecular weight is 246 g/mol. The van der Waals surface area contributed by atoms with Gasteiger partial charge in [0.15, 0.2) is 11.3 Å². The van der Waals surface area contributed by atoms with Crippen molar-refractivity contribution in [2.45, 2.75) is 0 Å². The maximum absolute atomic E-state index is 7.55. The van der Waals surface area contributed by atoms with Gasteiger partial charge in [-0.3, -0.25) is 5.41 Å². The van der Waals surface area contributed by atoms with Crippen molar-refractivity contribution in [1.82, 2.24) is 14.8 Å². The predicted octanol–water partition coefficient (Wildman–Crippen LogP) is 0.629. The summed E-state index contributed by atoms with van der Waals surface area (Å²) in [5, 5.41) is 14.6. The van der Waals surface area contributed by atoms with Gasteiger partial charge >= 0.3 is 0 Å². The van der Waals surface area contributed by atoms with Crippen molar-refractivity contribution in [3.8, 4) is 5.75 Å². The second kappa shape index (κ2) is 4.74. The van der Waals surface area contributed by atoms with Crippen LogP contribution in [0.3, 0.4) is 0 Å². The number of aryl methyl sites for hydroxylation is 1. The minimum absolute atomic E-state index is 0.0752. The van der Waals surface area contributed by atoms with Crippen LogP contribution in [0.2, 0.25) is 0 Å². The molecule has 0 saturated carbocycles. The number of anilines is 3. The monoisotopic (exact) mass is 246 g/mol. The summed E-state index contributed by atoms with van der Waals surface area (Å²) in [6.07, 6.45) is 0. The molecule has 1 aromatic heterocycles. The van der Waals surface area contributed by atoms with Crippen LogP contribution < -0.4 is 21.3 Å². The first-order valence-electron chi connectivity index (χ1n) is 5.26. The van der Waals surface area contributed by atoms with Crippen LogP contribution >= 0.6 is 0 Å². The number of hydrogen-bond acceptors (Lipinski definition) is 6. The third kappa shape index (κ3) is 2.40. The second-order valence-corrected chi connectivity index (χ2v) is 3.65. The summed E-state index contributed by atoms with van der Waals surface area (Å²) in [5.74, 6) is 1.19. The van der Waals surface area contributed by atoms with E-state index in [4.69, 9.17) is 15.9 Å². The molecule has 0 fully saturated rings. The van der Waals surface area contributed by atoms with Gasteiger partial charge in [-0.1, -0.05) is 6.07 Å². The van der Waals surface area contributed by atoms with Crippen molar-refractivity contribution in [1.29, 1.82) is 5.41 Å². The number of hydrogen-bond donors (Lipinski definition) is 3. The summed E-state index contributed by atoms with van der Waals surface area (Å²) in [6, 6.07) is 7.36. The van der Waals surface area contributed by atoms with Crippen molar-refractivity contribution < 1.29 is 4.74 Å². The smallest absolute Gasteiger partial charge is 0.247 e. The quantitative estimate of drug-likeness (QED) is 0.737. The van der Waals surface area contributed by atoms with E-state index in [1.165, 1.54) is 4.68 Å². The number of rotatable bonds is 3. The molecule has 0 bridgehead atoms. The lowest BCUT2D eigenvalue weighted by Crippen LogP contribution is -2.25. The summed E-state index contributed by atoms with van der Waals surface area (Å²) < 4.78 is 6.47. The number of benzene rings is 1. The molecule has 0 unspecified atom stereocenters. The SMILES string of the molecule is COc1cccc(Nc2nc(N)c(=N)n(C)n2)c1. The van der Waals surface area contributed by atoms with Gasteiger partial charge in [-0.2, -0.15) is 4.98 Å². The molecule has 0 atom stereocenters. The maximum atomic E-state index is 7.55. The van der Waals surface area contributed by atoms with E-state index in [1.807, 2.05) is 24.3 Å². The zero-order valence-electron chi connectivity index (χ0n) is 10.1. The average Bonchev–Trinajstić information content (AvgIpc) is 2.36. The molecule has 0 radical (unpaired) electrons. The van der Waals surface area contributed by atoms with Crippen molar-refractivity contribution in [3.05, 3.63) is 29.8 Å². The summed E-state index contributed by atoms with van der Waals surface area (Å²) in [4.78, 5) is 3.99. The summed E-state index contributed by atoms with van der Waals surface area (Å²) in [7, 11) is 3.24. The maximum Gasteiger partial charge on any atom is 0.247 e. The number of aromatic nitrogens is 3. The van der Waals surface area contributed by atoms with Gasteiger partial charge in [-0.05, 0) is 12.1 Å². The zero-order valence-corrected chi connectivity index (χ0v) is 10.1. The van der Waals surface area contributed by atoms with Gasteiger partial charge < -0.3 is 15.8 Å². The van der Waals surface area contributed by atoms with Crippen LogP contribution in [0.5, 0.6) is 5.75 Å². The van der Waals surface area contributed by atoms with E-state index >= 15 is 0 Å². The van der Waals surface area contributed by atoms with Crippen molar-refractivity contribution in [3.63, 3.8) is 0 Å². The Hall–Kier alpha value is -2.57. The minimum Gasteiger partial charge on any atom is -0.497 e. The summed E-state index contributed by atoms with van der Waals surface area (Å²) in [5.41, 5.74) is 6.47. The molecule has 7 heteroatoms. The third-order valence-corrected chi connectivity index (χ3v) is 2.36. The Balaban J connectivity index is 2.31.